The Morgan fingerprint density at radius 1 is 1.24 bits per heavy atom. The molecular weight excluding hydrogens is 272 g/mol. The lowest BCUT2D eigenvalue weighted by atomic mass is 9.94. The fourth-order valence-electron chi connectivity index (χ4n) is 3.60. The molecule has 0 spiro atoms. The summed E-state index contributed by atoms with van der Waals surface area (Å²) in [5, 5.41) is 12.1. The Bertz CT molecular complexity index is 424. The summed E-state index contributed by atoms with van der Waals surface area (Å²) in [7, 11) is 0. The molecule has 6 nitrogen and oxygen atoms in total. The molecule has 1 saturated heterocycles. The number of carboxylic acids is 1. The van der Waals surface area contributed by atoms with E-state index in [2.05, 4.69) is 5.32 Å². The van der Waals surface area contributed by atoms with Crippen LogP contribution in [0.15, 0.2) is 0 Å². The smallest absolute Gasteiger partial charge is 0.326 e. The Morgan fingerprint density at radius 2 is 2.00 bits per heavy atom. The minimum Gasteiger partial charge on any atom is -0.480 e. The Kier molecular flexibility index (Phi) is 5.20. The van der Waals surface area contributed by atoms with E-state index in [0.717, 1.165) is 25.7 Å². The first-order valence-corrected chi connectivity index (χ1v) is 7.83. The van der Waals surface area contributed by atoms with Crippen molar-refractivity contribution in [2.75, 3.05) is 13.1 Å². The van der Waals surface area contributed by atoms with E-state index in [-0.39, 0.29) is 30.6 Å². The Hall–Kier alpha value is -1.59. The van der Waals surface area contributed by atoms with Gasteiger partial charge in [-0.15, -0.1) is 0 Å². The maximum Gasteiger partial charge on any atom is 0.326 e. The van der Waals surface area contributed by atoms with Gasteiger partial charge < -0.3 is 15.3 Å². The lowest BCUT2D eigenvalue weighted by Gasteiger charge is -2.24. The number of fused-ring (bicyclic) bond motifs is 1. The molecule has 1 aliphatic heterocycles. The molecule has 3 atom stereocenters. The van der Waals surface area contributed by atoms with Gasteiger partial charge >= 0.3 is 5.97 Å². The zero-order chi connectivity index (χ0) is 15.4. The fraction of sp³-hybridized carbons (Fsp3) is 0.800. The zero-order valence-electron chi connectivity index (χ0n) is 12.5. The third kappa shape index (κ3) is 3.54. The van der Waals surface area contributed by atoms with E-state index in [9.17, 15) is 19.5 Å². The molecule has 2 N–H and O–H groups in total. The van der Waals surface area contributed by atoms with Crippen LogP contribution in [0.5, 0.6) is 0 Å². The minimum absolute atomic E-state index is 0.0960. The van der Waals surface area contributed by atoms with Crippen LogP contribution in [0.3, 0.4) is 0 Å². The third-order valence-electron chi connectivity index (χ3n) is 4.60. The van der Waals surface area contributed by atoms with Crippen molar-refractivity contribution in [3.63, 3.8) is 0 Å². The highest BCUT2D eigenvalue weighted by atomic mass is 16.4. The number of aliphatic carboxylic acids is 1. The molecule has 1 saturated carbocycles. The highest BCUT2D eigenvalue weighted by molar-refractivity contribution is 5.87. The molecule has 2 amide bonds. The third-order valence-corrected chi connectivity index (χ3v) is 4.60. The van der Waals surface area contributed by atoms with Crippen molar-refractivity contribution in [3.8, 4) is 0 Å². The summed E-state index contributed by atoms with van der Waals surface area (Å²) < 4.78 is 0. The van der Waals surface area contributed by atoms with Gasteiger partial charge in [-0.25, -0.2) is 4.79 Å². The number of carbonyl (C=O) groups excluding carboxylic acids is 2. The van der Waals surface area contributed by atoms with Crippen LogP contribution in [-0.4, -0.2) is 46.9 Å². The largest absolute Gasteiger partial charge is 0.480 e. The summed E-state index contributed by atoms with van der Waals surface area (Å²) in [4.78, 5) is 36.7. The molecule has 21 heavy (non-hydrogen) atoms. The minimum atomic E-state index is -0.909. The summed E-state index contributed by atoms with van der Waals surface area (Å²) in [5.41, 5.74) is 0. The molecule has 2 aliphatic rings. The average molecular weight is 296 g/mol. The number of nitrogens with one attached hydrogen (secondary N) is 1. The highest BCUT2D eigenvalue weighted by Crippen LogP contribution is 2.42. The van der Waals surface area contributed by atoms with Crippen LogP contribution >= 0.6 is 0 Å². The van der Waals surface area contributed by atoms with Crippen molar-refractivity contribution in [3.05, 3.63) is 0 Å². The van der Waals surface area contributed by atoms with Crippen molar-refractivity contribution in [2.45, 2.75) is 51.5 Å². The molecule has 0 aromatic rings. The number of nitrogens with zero attached hydrogens (tertiary/aromatic N) is 1. The second kappa shape index (κ2) is 6.91. The van der Waals surface area contributed by atoms with Gasteiger partial charge in [0.15, 0.2) is 0 Å². The Labute approximate surface area is 124 Å². The highest BCUT2D eigenvalue weighted by Gasteiger charge is 2.49. The molecule has 3 unspecified atom stereocenters. The second-order valence-corrected chi connectivity index (χ2v) is 6.03. The lowest BCUT2D eigenvalue weighted by molar-refractivity contribution is -0.149. The fourth-order valence-corrected chi connectivity index (χ4v) is 3.60. The van der Waals surface area contributed by atoms with Crippen LogP contribution in [0.4, 0.5) is 0 Å². The molecule has 6 heteroatoms. The second-order valence-electron chi connectivity index (χ2n) is 6.03. The van der Waals surface area contributed by atoms with E-state index in [1.54, 1.807) is 0 Å². The molecule has 0 aromatic heterocycles. The van der Waals surface area contributed by atoms with Gasteiger partial charge in [0.2, 0.25) is 11.8 Å². The van der Waals surface area contributed by atoms with Gasteiger partial charge in [-0.3, -0.25) is 9.59 Å². The van der Waals surface area contributed by atoms with Gasteiger partial charge in [-0.1, -0.05) is 13.3 Å². The van der Waals surface area contributed by atoms with Gasteiger partial charge in [-0.2, -0.15) is 0 Å². The first-order chi connectivity index (χ1) is 10.0. The van der Waals surface area contributed by atoms with E-state index in [1.165, 1.54) is 4.90 Å². The zero-order valence-corrected chi connectivity index (χ0v) is 12.5. The number of hydrogen-bond acceptors (Lipinski definition) is 3. The lowest BCUT2D eigenvalue weighted by Crippen LogP contribution is -2.43. The predicted octanol–water partition coefficient (Wildman–Crippen LogP) is 1.00. The summed E-state index contributed by atoms with van der Waals surface area (Å²) in [5.74, 6) is -0.836. The summed E-state index contributed by atoms with van der Waals surface area (Å²) in [6.45, 7) is 3.11. The summed E-state index contributed by atoms with van der Waals surface area (Å²) in [6.07, 6.45) is 4.05. The first kappa shape index (κ1) is 15.8. The van der Waals surface area contributed by atoms with Gasteiger partial charge in [0.1, 0.15) is 6.04 Å². The van der Waals surface area contributed by atoms with E-state index in [0.29, 0.717) is 19.0 Å². The summed E-state index contributed by atoms with van der Waals surface area (Å²) >= 11 is 0. The molecule has 1 heterocycles. The maximum atomic E-state index is 12.3. The number of amides is 2. The van der Waals surface area contributed by atoms with Crippen LogP contribution in [0.25, 0.3) is 0 Å². The normalized spacial score (nSPS) is 27.5. The van der Waals surface area contributed by atoms with Crippen LogP contribution in [0.2, 0.25) is 0 Å². The van der Waals surface area contributed by atoms with Gasteiger partial charge in [-0.05, 0) is 31.1 Å². The summed E-state index contributed by atoms with van der Waals surface area (Å²) in [6, 6.07) is -0.691. The molecular formula is C15H24N2O4. The molecule has 1 aliphatic carbocycles. The van der Waals surface area contributed by atoms with Crippen LogP contribution in [0, 0.1) is 11.8 Å². The standard InChI is InChI=1S/C15H24N2O4/c1-2-8-16-12(18)6-7-13(19)17-9-10-4-3-5-11(10)14(17)15(20)21/h10-11,14H,2-9H2,1H3,(H,16,18)(H,20,21). The number of carboxylic acid groups (broad SMARTS) is 1. The monoisotopic (exact) mass is 296 g/mol. The van der Waals surface area contributed by atoms with Crippen molar-refractivity contribution >= 4 is 17.8 Å². The van der Waals surface area contributed by atoms with Crippen molar-refractivity contribution in [1.82, 2.24) is 10.2 Å². The van der Waals surface area contributed by atoms with Crippen LogP contribution in [-0.2, 0) is 14.4 Å². The van der Waals surface area contributed by atoms with Crippen LogP contribution < -0.4 is 5.32 Å². The average Bonchev–Trinajstić information content (AvgIpc) is 3.01. The predicted molar refractivity (Wildman–Crippen MR) is 76.5 cm³/mol. The van der Waals surface area contributed by atoms with E-state index < -0.39 is 12.0 Å². The molecule has 0 aromatic carbocycles. The SMILES string of the molecule is CCCNC(=O)CCC(=O)N1CC2CCCC2C1C(=O)O. The Balaban J connectivity index is 1.89. The first-order valence-electron chi connectivity index (χ1n) is 7.83. The molecule has 2 rings (SSSR count). The molecule has 118 valence electrons. The number of carbonyl (C=O) groups is 3. The number of likely N-dealkylation sites (tertiary alicyclic amines) is 1. The maximum absolute atomic E-state index is 12.3. The number of hydrogen-bond donors (Lipinski definition) is 2. The molecule has 0 radical (unpaired) electrons. The van der Waals surface area contributed by atoms with Gasteiger partial charge in [0.05, 0.1) is 0 Å². The number of rotatable bonds is 6. The van der Waals surface area contributed by atoms with E-state index in [1.807, 2.05) is 6.92 Å². The Morgan fingerprint density at radius 3 is 2.67 bits per heavy atom. The van der Waals surface area contributed by atoms with Crippen molar-refractivity contribution in [2.24, 2.45) is 11.8 Å². The van der Waals surface area contributed by atoms with Crippen LogP contribution in [0.1, 0.15) is 45.4 Å². The van der Waals surface area contributed by atoms with Gasteiger partial charge in [0, 0.05) is 25.9 Å². The molecule has 0 bridgehead atoms. The van der Waals surface area contributed by atoms with E-state index >= 15 is 0 Å². The molecule has 2 fully saturated rings. The van der Waals surface area contributed by atoms with Crippen molar-refractivity contribution in [1.29, 1.82) is 0 Å². The van der Waals surface area contributed by atoms with Gasteiger partial charge in [0.25, 0.3) is 0 Å². The van der Waals surface area contributed by atoms with Crippen molar-refractivity contribution < 1.29 is 19.5 Å². The topological polar surface area (TPSA) is 86.7 Å². The quantitative estimate of drug-likeness (QED) is 0.765. The van der Waals surface area contributed by atoms with E-state index in [4.69, 9.17) is 0 Å².